The Morgan fingerprint density at radius 3 is 2.88 bits per heavy atom. The maximum absolute atomic E-state index is 4.51. The molecule has 0 saturated heterocycles. The molecule has 2 heterocycles. The predicted octanol–water partition coefficient (Wildman–Crippen LogP) is 1.81. The van der Waals surface area contributed by atoms with Crippen molar-refractivity contribution in [2.45, 2.75) is 39.7 Å². The summed E-state index contributed by atoms with van der Waals surface area (Å²) in [5.74, 6) is 1.29. The summed E-state index contributed by atoms with van der Waals surface area (Å²) in [5.41, 5.74) is 0. The van der Waals surface area contributed by atoms with E-state index in [1.807, 2.05) is 4.52 Å². The van der Waals surface area contributed by atoms with Gasteiger partial charge in [-0.05, 0) is 13.0 Å². The second-order valence-electron chi connectivity index (χ2n) is 4.08. The zero-order valence-electron chi connectivity index (χ0n) is 9.90. The maximum atomic E-state index is 4.51. The SMILES string of the molecule is CCCNCc1nn2c(C(C)C)nnc2s1. The van der Waals surface area contributed by atoms with Crippen LogP contribution in [-0.2, 0) is 6.54 Å². The summed E-state index contributed by atoms with van der Waals surface area (Å²) in [6.07, 6.45) is 1.14. The van der Waals surface area contributed by atoms with E-state index in [1.54, 1.807) is 11.3 Å². The fourth-order valence-electron chi connectivity index (χ4n) is 1.48. The first-order valence-electron chi connectivity index (χ1n) is 5.64. The highest BCUT2D eigenvalue weighted by molar-refractivity contribution is 7.16. The van der Waals surface area contributed by atoms with Gasteiger partial charge in [0.05, 0.1) is 0 Å². The Hall–Kier alpha value is -1.01. The van der Waals surface area contributed by atoms with Crippen LogP contribution in [0.25, 0.3) is 4.96 Å². The van der Waals surface area contributed by atoms with Crippen LogP contribution in [0.15, 0.2) is 0 Å². The molecular weight excluding hydrogens is 222 g/mol. The zero-order chi connectivity index (χ0) is 11.5. The smallest absolute Gasteiger partial charge is 0.234 e. The Kier molecular flexibility index (Phi) is 3.50. The third-order valence-electron chi connectivity index (χ3n) is 2.28. The molecule has 0 fully saturated rings. The van der Waals surface area contributed by atoms with E-state index < -0.39 is 0 Å². The van der Waals surface area contributed by atoms with Crippen molar-refractivity contribution < 1.29 is 0 Å². The van der Waals surface area contributed by atoms with E-state index in [0.717, 1.165) is 35.3 Å². The lowest BCUT2D eigenvalue weighted by molar-refractivity contribution is 0.655. The van der Waals surface area contributed by atoms with Crippen molar-refractivity contribution >= 4 is 16.3 Å². The third kappa shape index (κ3) is 2.22. The highest BCUT2D eigenvalue weighted by atomic mass is 32.1. The molecule has 0 aliphatic heterocycles. The van der Waals surface area contributed by atoms with Crippen molar-refractivity contribution in [1.82, 2.24) is 25.1 Å². The van der Waals surface area contributed by atoms with Crippen LogP contribution in [0, 0.1) is 0 Å². The number of hydrogen-bond acceptors (Lipinski definition) is 5. The Balaban J connectivity index is 2.17. The summed E-state index contributed by atoms with van der Waals surface area (Å²) in [5, 5.41) is 17.2. The van der Waals surface area contributed by atoms with Gasteiger partial charge in [-0.25, -0.2) is 0 Å². The van der Waals surface area contributed by atoms with Gasteiger partial charge in [0.2, 0.25) is 4.96 Å². The molecule has 0 aliphatic rings. The highest BCUT2D eigenvalue weighted by Crippen LogP contribution is 2.18. The summed E-state index contributed by atoms with van der Waals surface area (Å²) >= 11 is 1.60. The molecule has 0 atom stereocenters. The third-order valence-corrected chi connectivity index (χ3v) is 3.18. The maximum Gasteiger partial charge on any atom is 0.234 e. The van der Waals surface area contributed by atoms with Gasteiger partial charge >= 0.3 is 0 Å². The Bertz CT molecular complexity index is 459. The van der Waals surface area contributed by atoms with Gasteiger partial charge in [-0.3, -0.25) is 0 Å². The van der Waals surface area contributed by atoms with E-state index in [0.29, 0.717) is 5.92 Å². The Morgan fingerprint density at radius 2 is 2.19 bits per heavy atom. The van der Waals surface area contributed by atoms with E-state index in [2.05, 4.69) is 41.4 Å². The topological polar surface area (TPSA) is 55.1 Å². The molecule has 88 valence electrons. The lowest BCUT2D eigenvalue weighted by Gasteiger charge is -1.99. The van der Waals surface area contributed by atoms with Crippen LogP contribution < -0.4 is 5.32 Å². The number of aromatic nitrogens is 4. The van der Waals surface area contributed by atoms with Crippen molar-refractivity contribution in [2.75, 3.05) is 6.54 Å². The van der Waals surface area contributed by atoms with Crippen molar-refractivity contribution in [2.24, 2.45) is 0 Å². The zero-order valence-corrected chi connectivity index (χ0v) is 10.7. The summed E-state index contributed by atoms with van der Waals surface area (Å²) in [4.78, 5) is 0.886. The standard InChI is InChI=1S/C10H17N5S/c1-4-5-11-6-8-14-15-9(7(2)3)12-13-10(15)16-8/h7,11H,4-6H2,1-3H3. The molecule has 0 bridgehead atoms. The average Bonchev–Trinajstić information content (AvgIpc) is 2.76. The molecule has 1 N–H and O–H groups in total. The molecule has 5 nitrogen and oxygen atoms in total. The van der Waals surface area contributed by atoms with Crippen molar-refractivity contribution in [1.29, 1.82) is 0 Å². The van der Waals surface area contributed by atoms with Crippen LogP contribution >= 0.6 is 11.3 Å². The summed E-state index contributed by atoms with van der Waals surface area (Å²) in [6, 6.07) is 0. The van der Waals surface area contributed by atoms with E-state index in [9.17, 15) is 0 Å². The van der Waals surface area contributed by atoms with Crippen LogP contribution in [0.1, 0.15) is 43.9 Å². The largest absolute Gasteiger partial charge is 0.310 e. The summed E-state index contributed by atoms with van der Waals surface area (Å²) in [6.45, 7) is 8.20. The number of fused-ring (bicyclic) bond motifs is 1. The minimum absolute atomic E-state index is 0.355. The first-order valence-corrected chi connectivity index (χ1v) is 6.45. The van der Waals surface area contributed by atoms with Gasteiger partial charge in [0, 0.05) is 12.5 Å². The van der Waals surface area contributed by atoms with Crippen molar-refractivity contribution in [3.63, 3.8) is 0 Å². The number of nitrogens with zero attached hydrogens (tertiary/aromatic N) is 4. The molecule has 0 unspecified atom stereocenters. The van der Waals surface area contributed by atoms with Crippen LogP contribution in [0.2, 0.25) is 0 Å². The van der Waals surface area contributed by atoms with Gasteiger partial charge in [0.25, 0.3) is 0 Å². The molecule has 2 rings (SSSR count). The predicted molar refractivity (Wildman–Crippen MR) is 64.7 cm³/mol. The molecule has 2 aromatic rings. The quantitative estimate of drug-likeness (QED) is 0.808. The molecule has 0 saturated carbocycles. The fraction of sp³-hybridized carbons (Fsp3) is 0.700. The van der Waals surface area contributed by atoms with E-state index in [-0.39, 0.29) is 0 Å². The minimum Gasteiger partial charge on any atom is -0.310 e. The van der Waals surface area contributed by atoms with Crippen molar-refractivity contribution in [3.05, 3.63) is 10.8 Å². The lowest BCUT2D eigenvalue weighted by atomic mass is 10.2. The van der Waals surface area contributed by atoms with Gasteiger partial charge in [-0.1, -0.05) is 32.1 Å². The van der Waals surface area contributed by atoms with E-state index in [1.165, 1.54) is 0 Å². The van der Waals surface area contributed by atoms with Crippen LogP contribution in [-0.4, -0.2) is 26.4 Å². The van der Waals surface area contributed by atoms with Gasteiger partial charge in [0.1, 0.15) is 5.01 Å². The number of rotatable bonds is 5. The van der Waals surface area contributed by atoms with Crippen LogP contribution in [0.5, 0.6) is 0 Å². The molecule has 0 aromatic carbocycles. The molecule has 0 radical (unpaired) electrons. The second kappa shape index (κ2) is 4.88. The molecule has 16 heavy (non-hydrogen) atoms. The molecule has 0 amide bonds. The first-order chi connectivity index (χ1) is 7.72. The summed E-state index contributed by atoms with van der Waals surface area (Å²) in [7, 11) is 0. The molecule has 6 heteroatoms. The van der Waals surface area contributed by atoms with Gasteiger partial charge < -0.3 is 5.32 Å². The highest BCUT2D eigenvalue weighted by Gasteiger charge is 2.13. The fourth-order valence-corrected chi connectivity index (χ4v) is 2.29. The summed E-state index contributed by atoms with van der Waals surface area (Å²) < 4.78 is 1.86. The number of nitrogens with one attached hydrogen (secondary N) is 1. The number of hydrogen-bond donors (Lipinski definition) is 1. The van der Waals surface area contributed by atoms with Crippen LogP contribution in [0.4, 0.5) is 0 Å². The van der Waals surface area contributed by atoms with Crippen molar-refractivity contribution in [3.8, 4) is 0 Å². The van der Waals surface area contributed by atoms with Gasteiger partial charge in [0.15, 0.2) is 5.82 Å². The molecule has 0 aliphatic carbocycles. The average molecular weight is 239 g/mol. The van der Waals surface area contributed by atoms with E-state index >= 15 is 0 Å². The van der Waals surface area contributed by atoms with Gasteiger partial charge in [-0.2, -0.15) is 9.61 Å². The molecule has 0 spiro atoms. The minimum atomic E-state index is 0.355. The van der Waals surface area contributed by atoms with E-state index in [4.69, 9.17) is 0 Å². The van der Waals surface area contributed by atoms with Crippen LogP contribution in [0.3, 0.4) is 0 Å². The molecule has 2 aromatic heterocycles. The first kappa shape index (κ1) is 11.5. The molecular formula is C10H17N5S. The Labute approximate surface area is 98.9 Å². The lowest BCUT2D eigenvalue weighted by Crippen LogP contribution is -2.13. The second-order valence-corrected chi connectivity index (χ2v) is 5.12. The monoisotopic (exact) mass is 239 g/mol. The Morgan fingerprint density at radius 1 is 1.38 bits per heavy atom. The van der Waals surface area contributed by atoms with Gasteiger partial charge in [-0.15, -0.1) is 10.2 Å². The normalized spacial score (nSPS) is 11.8.